The molecule has 4 rings (SSSR count). The van der Waals surface area contributed by atoms with Crippen LogP contribution >= 0.6 is 12.4 Å². The Kier molecular flexibility index (Phi) is 9.63. The minimum atomic E-state index is -3.92. The number of hydrogen-bond acceptors (Lipinski definition) is 5. The van der Waals surface area contributed by atoms with Crippen LogP contribution in [0.4, 0.5) is 0 Å². The average molecular weight is 514 g/mol. The topological polar surface area (TPSA) is 63.7 Å². The SMILES string of the molecule is CN1[C@@H](CC(=O)c2ccccc2)CCC[C@H]1C[C@H](OS(=O)(=O)c1ccccc1)c1ccccc1.Cl. The van der Waals surface area contributed by atoms with Gasteiger partial charge in [0.15, 0.2) is 5.78 Å². The van der Waals surface area contributed by atoms with Crippen LogP contribution in [0, 0.1) is 0 Å². The number of carbonyl (C=O) groups is 1. The summed E-state index contributed by atoms with van der Waals surface area (Å²) in [5.74, 6) is 0.139. The molecular weight excluding hydrogens is 482 g/mol. The fraction of sp³-hybridized carbons (Fsp3) is 0.321. The van der Waals surface area contributed by atoms with Crippen molar-refractivity contribution >= 4 is 28.3 Å². The molecule has 0 radical (unpaired) electrons. The average Bonchev–Trinajstić information content (AvgIpc) is 2.87. The standard InChI is InChI=1S/C28H31NO4S.ClH/c1-29-24(20-27(30)22-12-5-2-6-13-22)16-11-17-25(29)21-28(23-14-7-3-8-15-23)33-34(31,32)26-18-9-4-10-19-26;/h2-10,12-15,18-19,24-25,28H,11,16-17,20-21H2,1H3;1H/t24-,25+,28+;/m1./s1. The maximum absolute atomic E-state index is 13.0. The number of piperidine rings is 1. The van der Waals surface area contributed by atoms with Gasteiger partial charge in [-0.2, -0.15) is 8.42 Å². The summed E-state index contributed by atoms with van der Waals surface area (Å²) in [6, 6.07) is 27.4. The molecule has 7 heteroatoms. The summed E-state index contributed by atoms with van der Waals surface area (Å²) in [5.41, 5.74) is 1.57. The van der Waals surface area contributed by atoms with Gasteiger partial charge in [0, 0.05) is 24.1 Å². The van der Waals surface area contributed by atoms with Gasteiger partial charge in [0.05, 0.1) is 4.90 Å². The normalized spacial score (nSPS) is 19.5. The predicted molar refractivity (Wildman–Crippen MR) is 140 cm³/mol. The molecule has 1 saturated heterocycles. The van der Waals surface area contributed by atoms with Crippen molar-refractivity contribution in [3.05, 3.63) is 102 Å². The van der Waals surface area contributed by atoms with E-state index in [0.29, 0.717) is 12.8 Å². The van der Waals surface area contributed by atoms with Gasteiger partial charge in [0.1, 0.15) is 6.10 Å². The van der Waals surface area contributed by atoms with Crippen LogP contribution in [0.3, 0.4) is 0 Å². The Morgan fingerprint density at radius 1 is 0.886 bits per heavy atom. The molecule has 1 fully saturated rings. The van der Waals surface area contributed by atoms with E-state index >= 15 is 0 Å². The van der Waals surface area contributed by atoms with Gasteiger partial charge in [-0.1, -0.05) is 85.3 Å². The lowest BCUT2D eigenvalue weighted by atomic mass is 9.88. The molecular formula is C28H32ClNO4S. The van der Waals surface area contributed by atoms with Crippen molar-refractivity contribution in [3.63, 3.8) is 0 Å². The Bertz CT molecular complexity index is 1170. The molecule has 0 saturated carbocycles. The van der Waals surface area contributed by atoms with E-state index in [1.54, 1.807) is 30.3 Å². The molecule has 3 aromatic carbocycles. The molecule has 0 N–H and O–H groups in total. The minimum absolute atomic E-state index is 0. The van der Waals surface area contributed by atoms with Crippen molar-refractivity contribution in [1.82, 2.24) is 4.90 Å². The quantitative estimate of drug-likeness (QED) is 0.256. The smallest absolute Gasteiger partial charge is 0.297 e. The lowest BCUT2D eigenvalue weighted by molar-refractivity contribution is 0.0626. The van der Waals surface area contributed by atoms with E-state index in [1.165, 1.54) is 0 Å². The van der Waals surface area contributed by atoms with Crippen LogP contribution in [0.1, 0.15) is 54.1 Å². The lowest BCUT2D eigenvalue weighted by Gasteiger charge is -2.40. The third-order valence-electron chi connectivity index (χ3n) is 6.68. The van der Waals surface area contributed by atoms with Gasteiger partial charge in [0.25, 0.3) is 10.1 Å². The van der Waals surface area contributed by atoms with Gasteiger partial charge in [-0.3, -0.25) is 13.9 Å². The molecule has 3 atom stereocenters. The first kappa shape index (κ1) is 27.1. The first-order valence-corrected chi connectivity index (χ1v) is 13.2. The van der Waals surface area contributed by atoms with E-state index in [1.807, 2.05) is 67.7 Å². The van der Waals surface area contributed by atoms with Gasteiger partial charge in [-0.05, 0) is 44.0 Å². The van der Waals surface area contributed by atoms with E-state index in [2.05, 4.69) is 4.90 Å². The van der Waals surface area contributed by atoms with Gasteiger partial charge in [-0.25, -0.2) is 0 Å². The second-order valence-corrected chi connectivity index (χ2v) is 10.5. The Hall–Kier alpha value is -2.51. The predicted octanol–water partition coefficient (Wildman–Crippen LogP) is 6.07. The van der Waals surface area contributed by atoms with Crippen LogP contribution in [0.2, 0.25) is 0 Å². The van der Waals surface area contributed by atoms with E-state index in [0.717, 1.165) is 30.4 Å². The largest absolute Gasteiger partial charge is 0.300 e. The van der Waals surface area contributed by atoms with Crippen molar-refractivity contribution in [2.45, 2.75) is 55.2 Å². The zero-order valence-electron chi connectivity index (χ0n) is 19.8. The summed E-state index contributed by atoms with van der Waals surface area (Å²) >= 11 is 0. The van der Waals surface area contributed by atoms with Crippen LogP contribution in [0.5, 0.6) is 0 Å². The van der Waals surface area contributed by atoms with E-state index < -0.39 is 16.2 Å². The Balaban J connectivity index is 0.00000342. The number of carbonyl (C=O) groups excluding carboxylic acids is 1. The summed E-state index contributed by atoms with van der Waals surface area (Å²) in [7, 11) is -1.87. The number of ketones is 1. The van der Waals surface area contributed by atoms with Crippen LogP contribution in [-0.2, 0) is 14.3 Å². The molecule has 0 spiro atoms. The number of nitrogens with zero attached hydrogens (tertiary/aromatic N) is 1. The number of hydrogen-bond donors (Lipinski definition) is 0. The van der Waals surface area contributed by atoms with Crippen molar-refractivity contribution in [3.8, 4) is 0 Å². The lowest BCUT2D eigenvalue weighted by Crippen LogP contribution is -2.45. The highest BCUT2D eigenvalue weighted by Crippen LogP contribution is 2.34. The first-order valence-electron chi connectivity index (χ1n) is 11.8. The minimum Gasteiger partial charge on any atom is -0.300 e. The molecule has 35 heavy (non-hydrogen) atoms. The monoisotopic (exact) mass is 513 g/mol. The Morgan fingerprint density at radius 3 is 2.06 bits per heavy atom. The molecule has 5 nitrogen and oxygen atoms in total. The summed E-state index contributed by atoms with van der Waals surface area (Å²) in [4.78, 5) is 15.2. The van der Waals surface area contributed by atoms with Crippen molar-refractivity contribution in [2.75, 3.05) is 7.05 Å². The molecule has 0 aromatic heterocycles. The van der Waals surface area contributed by atoms with Crippen LogP contribution in [0.15, 0.2) is 95.9 Å². The molecule has 0 amide bonds. The second-order valence-electron chi connectivity index (χ2n) is 8.90. The third-order valence-corrected chi connectivity index (χ3v) is 8.01. The van der Waals surface area contributed by atoms with E-state index in [9.17, 15) is 13.2 Å². The molecule has 3 aromatic rings. The number of halogens is 1. The molecule has 1 aliphatic rings. The highest BCUT2D eigenvalue weighted by Gasteiger charge is 2.33. The maximum atomic E-state index is 13.0. The van der Waals surface area contributed by atoms with Gasteiger partial charge < -0.3 is 0 Å². The summed E-state index contributed by atoms with van der Waals surface area (Å²) in [6.45, 7) is 0. The molecule has 0 aliphatic carbocycles. The zero-order chi connectivity index (χ0) is 24.0. The highest BCUT2D eigenvalue weighted by atomic mass is 35.5. The fourth-order valence-electron chi connectivity index (χ4n) is 4.72. The number of likely N-dealkylation sites (tertiary alicyclic amines) is 1. The van der Waals surface area contributed by atoms with Crippen molar-refractivity contribution in [2.24, 2.45) is 0 Å². The second kappa shape index (κ2) is 12.5. The van der Waals surface area contributed by atoms with Gasteiger partial charge >= 0.3 is 0 Å². The highest BCUT2D eigenvalue weighted by molar-refractivity contribution is 7.86. The number of rotatable bonds is 9. The van der Waals surface area contributed by atoms with Crippen molar-refractivity contribution < 1.29 is 17.4 Å². The van der Waals surface area contributed by atoms with E-state index in [4.69, 9.17) is 4.18 Å². The zero-order valence-corrected chi connectivity index (χ0v) is 21.5. The summed E-state index contributed by atoms with van der Waals surface area (Å²) in [6.07, 6.45) is 3.26. The molecule has 1 heterocycles. The first-order chi connectivity index (χ1) is 16.4. The molecule has 186 valence electrons. The number of benzene rings is 3. The fourth-order valence-corrected chi connectivity index (χ4v) is 5.82. The maximum Gasteiger partial charge on any atom is 0.297 e. The van der Waals surface area contributed by atoms with E-state index in [-0.39, 0.29) is 35.2 Å². The number of Topliss-reactive ketones (excluding diaryl/α,β-unsaturated/α-hetero) is 1. The van der Waals surface area contributed by atoms with Gasteiger partial charge in [0.2, 0.25) is 0 Å². The third kappa shape index (κ3) is 7.01. The Labute approximate surface area is 214 Å². The van der Waals surface area contributed by atoms with Crippen LogP contribution in [-0.4, -0.2) is 38.2 Å². The Morgan fingerprint density at radius 2 is 1.43 bits per heavy atom. The summed E-state index contributed by atoms with van der Waals surface area (Å²) in [5, 5.41) is 0. The molecule has 0 unspecified atom stereocenters. The van der Waals surface area contributed by atoms with Crippen LogP contribution < -0.4 is 0 Å². The summed E-state index contributed by atoms with van der Waals surface area (Å²) < 4.78 is 31.9. The van der Waals surface area contributed by atoms with Gasteiger partial charge in [-0.15, -0.1) is 12.4 Å². The molecule has 0 bridgehead atoms. The van der Waals surface area contributed by atoms with Crippen molar-refractivity contribution in [1.29, 1.82) is 0 Å². The van der Waals surface area contributed by atoms with Crippen LogP contribution in [0.25, 0.3) is 0 Å². The molecule has 1 aliphatic heterocycles.